The van der Waals surface area contributed by atoms with Crippen molar-refractivity contribution in [1.29, 1.82) is 0 Å². The lowest BCUT2D eigenvalue weighted by Gasteiger charge is -2.55. The van der Waals surface area contributed by atoms with Crippen molar-refractivity contribution < 1.29 is 0 Å². The first kappa shape index (κ1) is 44.9. The van der Waals surface area contributed by atoms with Crippen LogP contribution in [0.1, 0.15) is 212 Å². The summed E-state index contributed by atoms with van der Waals surface area (Å²) in [6, 6.07) is 28.7. The van der Waals surface area contributed by atoms with Crippen LogP contribution in [0.25, 0.3) is 10.1 Å². The molecule has 12 rings (SSSR count). The van der Waals surface area contributed by atoms with Gasteiger partial charge in [0.15, 0.2) is 0 Å². The Morgan fingerprint density at radius 3 is 1.56 bits per heavy atom. The van der Waals surface area contributed by atoms with Crippen molar-refractivity contribution in [1.82, 2.24) is 0 Å². The standard InChI is InChI=1S/C64H77BN2S/c1-36-29-37(57(2,3)4)19-22-47(36)66-49-30-38(58(5,6)7)31-50-53(49)65(56-54(66)39-32-41-44(35-51(39)68-56)63(16,17)26-23-60(41,10)11)46-21-20-40-52-55(46)67(50)48-34-43-42(61(12,13)24-25-62(43,14)15)33-45(48)64(52,18)28-27-59(40,8)9/h19-22,29-35H,23-28H2,1-18H3. The van der Waals surface area contributed by atoms with Crippen LogP contribution in [0.3, 0.4) is 0 Å². The molecule has 352 valence electrons. The van der Waals surface area contributed by atoms with Crippen molar-refractivity contribution in [3.8, 4) is 0 Å². The van der Waals surface area contributed by atoms with Crippen molar-refractivity contribution in [2.45, 2.75) is 206 Å². The lowest BCUT2D eigenvalue weighted by atomic mass is 9.35. The van der Waals surface area contributed by atoms with Crippen LogP contribution in [0.2, 0.25) is 0 Å². The number of aryl methyl sites for hydroxylation is 1. The predicted molar refractivity (Wildman–Crippen MR) is 297 cm³/mol. The predicted octanol–water partition coefficient (Wildman–Crippen LogP) is 16.3. The van der Waals surface area contributed by atoms with Crippen LogP contribution < -0.4 is 25.5 Å². The van der Waals surface area contributed by atoms with E-state index in [-0.39, 0.29) is 50.0 Å². The Morgan fingerprint density at radius 1 is 0.471 bits per heavy atom. The zero-order valence-corrected chi connectivity index (χ0v) is 45.8. The van der Waals surface area contributed by atoms with Gasteiger partial charge in [0.2, 0.25) is 0 Å². The van der Waals surface area contributed by atoms with Gasteiger partial charge in [0, 0.05) is 43.0 Å². The first-order chi connectivity index (χ1) is 31.5. The molecule has 0 fully saturated rings. The van der Waals surface area contributed by atoms with E-state index in [9.17, 15) is 0 Å². The van der Waals surface area contributed by atoms with Gasteiger partial charge in [-0.1, -0.05) is 148 Å². The molecule has 0 amide bonds. The van der Waals surface area contributed by atoms with Gasteiger partial charge in [0.05, 0.1) is 11.4 Å². The summed E-state index contributed by atoms with van der Waals surface area (Å²) in [5.41, 5.74) is 26.7. The molecule has 0 saturated heterocycles. The highest BCUT2D eigenvalue weighted by Gasteiger charge is 2.55. The third-order valence-electron chi connectivity index (χ3n) is 19.3. The molecular weight excluding hydrogens is 840 g/mol. The van der Waals surface area contributed by atoms with Crippen LogP contribution in [0.15, 0.2) is 66.7 Å². The minimum Gasteiger partial charge on any atom is -0.311 e. The molecule has 0 bridgehead atoms. The van der Waals surface area contributed by atoms with Gasteiger partial charge in [-0.3, -0.25) is 0 Å². The van der Waals surface area contributed by atoms with Crippen LogP contribution in [-0.4, -0.2) is 6.71 Å². The van der Waals surface area contributed by atoms with E-state index in [1.807, 2.05) is 0 Å². The van der Waals surface area contributed by atoms with Gasteiger partial charge in [-0.25, -0.2) is 0 Å². The van der Waals surface area contributed by atoms with E-state index in [0.717, 1.165) is 6.42 Å². The summed E-state index contributed by atoms with van der Waals surface area (Å²) in [5.74, 6) is 0. The summed E-state index contributed by atoms with van der Waals surface area (Å²) in [4.78, 5) is 5.62. The normalized spacial score (nSPS) is 22.8. The topological polar surface area (TPSA) is 6.48 Å². The number of benzene rings is 5. The number of anilines is 6. The second-order valence-corrected chi connectivity index (χ2v) is 29.4. The van der Waals surface area contributed by atoms with Gasteiger partial charge in [0.1, 0.15) is 0 Å². The monoisotopic (exact) mass is 917 g/mol. The molecular formula is C64H77BN2S. The number of fused-ring (bicyclic) bond motifs is 11. The molecule has 4 heterocycles. The fourth-order valence-electron chi connectivity index (χ4n) is 14.4. The third kappa shape index (κ3) is 5.88. The van der Waals surface area contributed by atoms with E-state index in [2.05, 4.69) is 212 Å². The molecule has 4 heteroatoms. The molecule has 6 aliphatic rings. The van der Waals surface area contributed by atoms with Crippen molar-refractivity contribution in [3.05, 3.63) is 122 Å². The van der Waals surface area contributed by atoms with Gasteiger partial charge in [-0.2, -0.15) is 0 Å². The van der Waals surface area contributed by atoms with Crippen molar-refractivity contribution >= 4 is 78.0 Å². The van der Waals surface area contributed by atoms with Gasteiger partial charge in [-0.15, -0.1) is 11.3 Å². The fourth-order valence-corrected chi connectivity index (χ4v) is 15.7. The maximum Gasteiger partial charge on any atom is 0.264 e. The van der Waals surface area contributed by atoms with E-state index in [1.165, 1.54) is 114 Å². The summed E-state index contributed by atoms with van der Waals surface area (Å²) < 4.78 is 2.93. The number of hydrogen-bond acceptors (Lipinski definition) is 3. The minimum atomic E-state index is -0.109. The van der Waals surface area contributed by atoms with E-state index < -0.39 is 0 Å². The second-order valence-electron chi connectivity index (χ2n) is 28.3. The average molecular weight is 917 g/mol. The lowest BCUT2D eigenvalue weighted by molar-refractivity contribution is 0.327. The van der Waals surface area contributed by atoms with Crippen molar-refractivity contribution in [2.75, 3.05) is 9.80 Å². The Bertz CT molecular complexity index is 3230. The largest absolute Gasteiger partial charge is 0.311 e. The fraction of sp³-hybridized carbons (Fsp3) is 0.500. The molecule has 1 atom stereocenters. The van der Waals surface area contributed by atoms with Gasteiger partial charge >= 0.3 is 0 Å². The molecule has 1 unspecified atom stereocenters. The van der Waals surface area contributed by atoms with E-state index in [1.54, 1.807) is 33.4 Å². The Kier molecular flexibility index (Phi) is 8.82. The molecule has 0 radical (unpaired) electrons. The maximum atomic E-state index is 2.85. The molecule has 68 heavy (non-hydrogen) atoms. The smallest absolute Gasteiger partial charge is 0.264 e. The zero-order valence-electron chi connectivity index (χ0n) is 45.0. The molecule has 0 spiro atoms. The number of thiophene rings is 1. The molecule has 0 N–H and O–H groups in total. The molecule has 5 aromatic carbocycles. The summed E-state index contributed by atoms with van der Waals surface area (Å²) in [6.07, 6.45) is 7.17. The zero-order chi connectivity index (χ0) is 48.6. The Balaban J connectivity index is 1.26. The minimum absolute atomic E-state index is 0.0514. The highest BCUT2D eigenvalue weighted by molar-refractivity contribution is 7.33. The SMILES string of the molecule is Cc1cc(C(C)(C)C)ccc1N1c2cc(C(C)(C)C)cc3c2B(c2ccc4c5c2N3c2cc3c(cc2C5(C)CCC4(C)C)C(C)(C)CCC3(C)C)c2sc3cc4c(cc3c21)C(C)(C)CCC4(C)C. The number of nitrogens with zero attached hydrogens (tertiary/aromatic N) is 2. The first-order valence-corrected chi connectivity index (χ1v) is 27.2. The molecule has 0 saturated carbocycles. The van der Waals surface area contributed by atoms with Crippen LogP contribution in [0.5, 0.6) is 0 Å². The highest BCUT2D eigenvalue weighted by atomic mass is 32.1. The molecule has 6 aromatic rings. The molecule has 2 nitrogen and oxygen atoms in total. The van der Waals surface area contributed by atoms with Gasteiger partial charge in [0.25, 0.3) is 6.71 Å². The van der Waals surface area contributed by atoms with Crippen molar-refractivity contribution in [2.24, 2.45) is 0 Å². The lowest BCUT2D eigenvalue weighted by Crippen LogP contribution is -2.62. The Morgan fingerprint density at radius 2 is 0.985 bits per heavy atom. The van der Waals surface area contributed by atoms with Crippen molar-refractivity contribution in [3.63, 3.8) is 0 Å². The Hall–Kier alpha value is -4.28. The number of rotatable bonds is 1. The average Bonchev–Trinajstić information content (AvgIpc) is 3.62. The van der Waals surface area contributed by atoms with E-state index in [4.69, 9.17) is 0 Å². The molecule has 3 aliphatic heterocycles. The van der Waals surface area contributed by atoms with Crippen LogP contribution in [0, 0.1) is 6.92 Å². The van der Waals surface area contributed by atoms with Gasteiger partial charge in [-0.05, 0) is 186 Å². The Labute approximate surface area is 414 Å². The van der Waals surface area contributed by atoms with Crippen LogP contribution in [-0.2, 0) is 43.3 Å². The highest BCUT2D eigenvalue weighted by Crippen LogP contribution is 2.63. The molecule has 1 aromatic heterocycles. The second kappa shape index (κ2) is 13.4. The van der Waals surface area contributed by atoms with Gasteiger partial charge < -0.3 is 9.80 Å². The third-order valence-corrected chi connectivity index (χ3v) is 20.5. The summed E-state index contributed by atoms with van der Waals surface area (Å²) in [7, 11) is 0. The summed E-state index contributed by atoms with van der Waals surface area (Å²) >= 11 is 2.10. The van der Waals surface area contributed by atoms with Crippen LogP contribution >= 0.6 is 11.3 Å². The first-order valence-electron chi connectivity index (χ1n) is 26.4. The summed E-state index contributed by atoms with van der Waals surface area (Å²) in [6.45, 7) is 44.6. The maximum absolute atomic E-state index is 2.85. The van der Waals surface area contributed by atoms with E-state index >= 15 is 0 Å². The molecule has 3 aliphatic carbocycles. The summed E-state index contributed by atoms with van der Waals surface area (Å²) in [5, 5.41) is 1.42. The number of hydrogen-bond donors (Lipinski definition) is 0. The van der Waals surface area contributed by atoms with Crippen LogP contribution in [0.4, 0.5) is 34.1 Å². The quantitative estimate of drug-likeness (QED) is 0.151. The van der Waals surface area contributed by atoms with E-state index in [0.29, 0.717) is 0 Å².